The van der Waals surface area contributed by atoms with Crippen LogP contribution in [0.1, 0.15) is 39.0 Å². The lowest BCUT2D eigenvalue weighted by molar-refractivity contribution is -0.0318. The van der Waals surface area contributed by atoms with Crippen LogP contribution >= 0.6 is 0 Å². The van der Waals surface area contributed by atoms with Crippen LogP contribution in [0.3, 0.4) is 0 Å². The van der Waals surface area contributed by atoms with Crippen LogP contribution in [-0.4, -0.2) is 64.1 Å². The number of aliphatic imine (C=N–C) groups is 1. The molecule has 6 heteroatoms. The molecule has 0 radical (unpaired) electrons. The highest BCUT2D eigenvalue weighted by molar-refractivity contribution is 5.80. The zero-order valence-corrected chi connectivity index (χ0v) is 17.2. The molecule has 0 spiro atoms. The summed E-state index contributed by atoms with van der Waals surface area (Å²) in [4.78, 5) is 7.22. The standard InChI is InChI=1S/C22H36N4O2/c1-2-23-22(24-13-7-15-28-21-11-16-27-17-12-21)25-19-8-6-14-26(18-19)20-9-4-3-5-10-20/h3-5,9-10,19,21H,2,6-8,11-18H2,1H3,(H2,23,24,25). The number of guanidine groups is 1. The summed E-state index contributed by atoms with van der Waals surface area (Å²) >= 11 is 0. The molecule has 2 aliphatic heterocycles. The molecule has 0 aliphatic carbocycles. The molecule has 2 saturated heterocycles. The number of para-hydroxylation sites is 1. The van der Waals surface area contributed by atoms with E-state index < -0.39 is 0 Å². The maximum atomic E-state index is 5.94. The molecular formula is C22H36N4O2. The normalized spacial score (nSPS) is 21.5. The number of ether oxygens (including phenoxy) is 2. The molecule has 1 aromatic carbocycles. The Kier molecular flexibility index (Phi) is 8.91. The average molecular weight is 389 g/mol. The van der Waals surface area contributed by atoms with Gasteiger partial charge in [-0.1, -0.05) is 18.2 Å². The summed E-state index contributed by atoms with van der Waals surface area (Å²) in [7, 11) is 0. The minimum absolute atomic E-state index is 0.371. The van der Waals surface area contributed by atoms with Crippen molar-refractivity contribution >= 4 is 11.6 Å². The van der Waals surface area contributed by atoms with E-state index in [1.165, 1.54) is 18.5 Å². The third kappa shape index (κ3) is 6.99. The maximum absolute atomic E-state index is 5.94. The highest BCUT2D eigenvalue weighted by atomic mass is 16.5. The summed E-state index contributed by atoms with van der Waals surface area (Å²) in [5.41, 5.74) is 1.31. The molecule has 0 saturated carbocycles. The van der Waals surface area contributed by atoms with Gasteiger partial charge in [-0.3, -0.25) is 4.99 Å². The highest BCUT2D eigenvalue weighted by Crippen LogP contribution is 2.19. The van der Waals surface area contributed by atoms with E-state index in [0.717, 1.165) is 71.2 Å². The van der Waals surface area contributed by atoms with Crippen molar-refractivity contribution in [3.8, 4) is 0 Å². The largest absolute Gasteiger partial charge is 0.381 e. The number of rotatable bonds is 8. The second-order valence-electron chi connectivity index (χ2n) is 7.56. The quantitative estimate of drug-likeness (QED) is 0.407. The number of benzene rings is 1. The van der Waals surface area contributed by atoms with Gasteiger partial charge in [-0.15, -0.1) is 0 Å². The Morgan fingerprint density at radius 2 is 2.04 bits per heavy atom. The van der Waals surface area contributed by atoms with Crippen LogP contribution in [0.2, 0.25) is 0 Å². The van der Waals surface area contributed by atoms with Gasteiger partial charge in [-0.05, 0) is 51.2 Å². The first-order valence-electron chi connectivity index (χ1n) is 10.9. The zero-order valence-electron chi connectivity index (χ0n) is 17.2. The molecule has 3 rings (SSSR count). The molecular weight excluding hydrogens is 352 g/mol. The van der Waals surface area contributed by atoms with E-state index in [1.54, 1.807) is 0 Å². The Balaban J connectivity index is 1.41. The second kappa shape index (κ2) is 11.9. The van der Waals surface area contributed by atoms with Crippen molar-refractivity contribution in [1.29, 1.82) is 0 Å². The van der Waals surface area contributed by atoms with Crippen molar-refractivity contribution in [2.75, 3.05) is 50.9 Å². The van der Waals surface area contributed by atoms with Crippen LogP contribution in [0.5, 0.6) is 0 Å². The van der Waals surface area contributed by atoms with E-state index in [-0.39, 0.29) is 0 Å². The average Bonchev–Trinajstić information content (AvgIpc) is 2.75. The lowest BCUT2D eigenvalue weighted by Crippen LogP contribution is -2.51. The number of hydrogen-bond acceptors (Lipinski definition) is 4. The number of nitrogens with zero attached hydrogens (tertiary/aromatic N) is 2. The molecule has 1 atom stereocenters. The van der Waals surface area contributed by atoms with Crippen molar-refractivity contribution < 1.29 is 9.47 Å². The number of hydrogen-bond donors (Lipinski definition) is 2. The van der Waals surface area contributed by atoms with Gasteiger partial charge in [0.05, 0.1) is 6.10 Å². The van der Waals surface area contributed by atoms with E-state index >= 15 is 0 Å². The van der Waals surface area contributed by atoms with E-state index in [1.807, 2.05) is 0 Å². The smallest absolute Gasteiger partial charge is 0.191 e. The van der Waals surface area contributed by atoms with Gasteiger partial charge >= 0.3 is 0 Å². The molecule has 1 aromatic rings. The first-order chi connectivity index (χ1) is 13.8. The number of piperidine rings is 1. The van der Waals surface area contributed by atoms with Crippen molar-refractivity contribution in [2.45, 2.75) is 51.2 Å². The third-order valence-electron chi connectivity index (χ3n) is 5.32. The van der Waals surface area contributed by atoms with E-state index in [0.29, 0.717) is 12.1 Å². The number of nitrogens with one attached hydrogen (secondary N) is 2. The molecule has 0 amide bonds. The Morgan fingerprint density at radius 1 is 1.21 bits per heavy atom. The lowest BCUT2D eigenvalue weighted by Gasteiger charge is -2.35. The molecule has 2 heterocycles. The molecule has 28 heavy (non-hydrogen) atoms. The van der Waals surface area contributed by atoms with Gasteiger partial charge in [-0.2, -0.15) is 0 Å². The number of anilines is 1. The minimum Gasteiger partial charge on any atom is -0.381 e. The van der Waals surface area contributed by atoms with E-state index in [4.69, 9.17) is 14.5 Å². The molecule has 2 aliphatic rings. The van der Waals surface area contributed by atoms with E-state index in [2.05, 4.69) is 52.8 Å². The third-order valence-corrected chi connectivity index (χ3v) is 5.32. The van der Waals surface area contributed by atoms with Gasteiger partial charge in [0.25, 0.3) is 0 Å². The lowest BCUT2D eigenvalue weighted by atomic mass is 10.1. The van der Waals surface area contributed by atoms with Crippen LogP contribution in [0.25, 0.3) is 0 Å². The van der Waals surface area contributed by atoms with Crippen LogP contribution in [0.4, 0.5) is 5.69 Å². The highest BCUT2D eigenvalue weighted by Gasteiger charge is 2.21. The minimum atomic E-state index is 0.371. The Bertz CT molecular complexity index is 575. The summed E-state index contributed by atoms with van der Waals surface area (Å²) in [5.74, 6) is 0.925. The molecule has 0 bridgehead atoms. The van der Waals surface area contributed by atoms with Crippen molar-refractivity contribution in [2.24, 2.45) is 4.99 Å². The Morgan fingerprint density at radius 3 is 2.82 bits per heavy atom. The van der Waals surface area contributed by atoms with E-state index in [9.17, 15) is 0 Å². The summed E-state index contributed by atoms with van der Waals surface area (Å²) in [5, 5.41) is 7.02. The Hall–Kier alpha value is -1.79. The fraction of sp³-hybridized carbons (Fsp3) is 0.682. The van der Waals surface area contributed by atoms with Crippen LogP contribution in [-0.2, 0) is 9.47 Å². The predicted molar refractivity (Wildman–Crippen MR) is 115 cm³/mol. The van der Waals surface area contributed by atoms with Gasteiger partial charge in [0.15, 0.2) is 5.96 Å². The fourth-order valence-corrected chi connectivity index (χ4v) is 3.83. The first kappa shape index (κ1) is 20.9. The molecule has 2 fully saturated rings. The van der Waals surface area contributed by atoms with Crippen molar-refractivity contribution in [3.05, 3.63) is 30.3 Å². The molecule has 0 aromatic heterocycles. The SMILES string of the molecule is CCNC(=NCCCOC1CCOCC1)NC1CCCN(c2ccccc2)C1. The maximum Gasteiger partial charge on any atom is 0.191 e. The Labute approximate surface area is 169 Å². The summed E-state index contributed by atoms with van der Waals surface area (Å²) in [6.07, 6.45) is 5.75. The second-order valence-corrected chi connectivity index (χ2v) is 7.56. The van der Waals surface area contributed by atoms with Gasteiger partial charge in [0.2, 0.25) is 0 Å². The first-order valence-corrected chi connectivity index (χ1v) is 10.9. The van der Waals surface area contributed by atoms with Crippen LogP contribution in [0.15, 0.2) is 35.3 Å². The zero-order chi connectivity index (χ0) is 19.4. The monoisotopic (exact) mass is 388 g/mol. The molecule has 156 valence electrons. The summed E-state index contributed by atoms with van der Waals surface area (Å²) < 4.78 is 11.3. The summed E-state index contributed by atoms with van der Waals surface area (Å²) in [6, 6.07) is 11.1. The molecule has 6 nitrogen and oxygen atoms in total. The van der Waals surface area contributed by atoms with Crippen LogP contribution in [0, 0.1) is 0 Å². The van der Waals surface area contributed by atoms with Crippen molar-refractivity contribution in [1.82, 2.24) is 10.6 Å². The predicted octanol–water partition coefficient (Wildman–Crippen LogP) is 2.80. The van der Waals surface area contributed by atoms with Crippen LogP contribution < -0.4 is 15.5 Å². The fourth-order valence-electron chi connectivity index (χ4n) is 3.83. The van der Waals surface area contributed by atoms with Crippen molar-refractivity contribution in [3.63, 3.8) is 0 Å². The topological polar surface area (TPSA) is 58.1 Å². The van der Waals surface area contributed by atoms with Gasteiger partial charge in [0, 0.05) is 57.7 Å². The van der Waals surface area contributed by atoms with Gasteiger partial charge < -0.3 is 25.0 Å². The van der Waals surface area contributed by atoms with Gasteiger partial charge in [0.1, 0.15) is 0 Å². The molecule has 2 N–H and O–H groups in total. The summed E-state index contributed by atoms with van der Waals surface area (Å²) in [6.45, 7) is 8.35. The van der Waals surface area contributed by atoms with Gasteiger partial charge in [-0.25, -0.2) is 0 Å². The molecule has 1 unspecified atom stereocenters.